The summed E-state index contributed by atoms with van der Waals surface area (Å²) in [6, 6.07) is 13.9. The summed E-state index contributed by atoms with van der Waals surface area (Å²) in [5, 5.41) is 0. The summed E-state index contributed by atoms with van der Waals surface area (Å²) in [5.41, 5.74) is 1.91. The van der Waals surface area contributed by atoms with Gasteiger partial charge in [-0.25, -0.2) is 4.39 Å². The quantitative estimate of drug-likeness (QED) is 0.595. The van der Waals surface area contributed by atoms with Crippen LogP contribution in [0.5, 0.6) is 0 Å². The summed E-state index contributed by atoms with van der Waals surface area (Å²) in [6.45, 7) is 2.07. The van der Waals surface area contributed by atoms with Crippen LogP contribution in [0.1, 0.15) is 22.8 Å². The van der Waals surface area contributed by atoms with E-state index in [2.05, 4.69) is 6.92 Å². The third-order valence-corrected chi connectivity index (χ3v) is 3.85. The van der Waals surface area contributed by atoms with Gasteiger partial charge >= 0.3 is 0 Å². The average Bonchev–Trinajstić information content (AvgIpc) is 2.46. The lowest BCUT2D eigenvalue weighted by molar-refractivity contribution is 0.102. The number of hydrogen-bond donors (Lipinski definition) is 0. The van der Waals surface area contributed by atoms with Gasteiger partial charge in [0.15, 0.2) is 5.78 Å². The topological polar surface area (TPSA) is 17.1 Å². The first-order valence-corrected chi connectivity index (χ1v) is 7.18. The summed E-state index contributed by atoms with van der Waals surface area (Å²) >= 11 is 1.43. The lowest BCUT2D eigenvalue weighted by Gasteiger charge is -2.03. The van der Waals surface area contributed by atoms with Gasteiger partial charge in [-0.2, -0.15) is 0 Å². The smallest absolute Gasteiger partial charge is 0.173 e. The summed E-state index contributed by atoms with van der Waals surface area (Å²) < 4.78 is 12.8. The predicted octanol–water partition coefficient (Wildman–Crippen LogP) is 4.36. The normalized spacial score (nSPS) is 10.4. The molecule has 0 amide bonds. The van der Waals surface area contributed by atoms with Crippen molar-refractivity contribution in [2.24, 2.45) is 0 Å². The highest BCUT2D eigenvalue weighted by molar-refractivity contribution is 8.00. The highest BCUT2D eigenvalue weighted by Crippen LogP contribution is 2.19. The van der Waals surface area contributed by atoms with Crippen molar-refractivity contribution in [2.75, 3.05) is 5.75 Å². The fraction of sp³-hybridized carbons (Fsp3) is 0.188. The molecule has 0 N–H and O–H groups in total. The number of thioether (sulfide) groups is 1. The Kier molecular flexibility index (Phi) is 4.74. The van der Waals surface area contributed by atoms with Crippen LogP contribution in [0.2, 0.25) is 0 Å². The lowest BCUT2D eigenvalue weighted by atomic mass is 10.1. The third kappa shape index (κ3) is 3.93. The Morgan fingerprint density at radius 1 is 1.16 bits per heavy atom. The highest BCUT2D eigenvalue weighted by Gasteiger charge is 2.07. The van der Waals surface area contributed by atoms with Crippen LogP contribution in [-0.4, -0.2) is 11.5 Å². The molecule has 0 unspecified atom stereocenters. The van der Waals surface area contributed by atoms with Crippen molar-refractivity contribution in [3.05, 3.63) is 65.5 Å². The Morgan fingerprint density at radius 3 is 2.58 bits per heavy atom. The first-order chi connectivity index (χ1) is 9.19. The summed E-state index contributed by atoms with van der Waals surface area (Å²) in [5.74, 6) is 0.217. The SMILES string of the molecule is CCc1cccc(C(=O)CSc2ccc(F)cc2)c1. The van der Waals surface area contributed by atoms with E-state index in [1.807, 2.05) is 24.3 Å². The number of carbonyl (C=O) groups is 1. The molecule has 0 bridgehead atoms. The molecule has 0 aliphatic rings. The van der Waals surface area contributed by atoms with E-state index in [1.54, 1.807) is 12.1 Å². The summed E-state index contributed by atoms with van der Waals surface area (Å²) in [7, 11) is 0. The van der Waals surface area contributed by atoms with Gasteiger partial charge in [0.2, 0.25) is 0 Å². The largest absolute Gasteiger partial charge is 0.293 e. The van der Waals surface area contributed by atoms with Gasteiger partial charge in [0, 0.05) is 10.5 Å². The number of Topliss-reactive ketones (excluding diaryl/α,β-unsaturated/α-hetero) is 1. The van der Waals surface area contributed by atoms with Gasteiger partial charge in [-0.05, 0) is 42.3 Å². The maximum atomic E-state index is 12.8. The van der Waals surface area contributed by atoms with Crippen molar-refractivity contribution in [3.63, 3.8) is 0 Å². The minimum absolute atomic E-state index is 0.102. The number of carbonyl (C=O) groups excluding carboxylic acids is 1. The second-order valence-electron chi connectivity index (χ2n) is 4.22. The minimum Gasteiger partial charge on any atom is -0.293 e. The number of benzene rings is 2. The van der Waals surface area contributed by atoms with E-state index in [9.17, 15) is 9.18 Å². The van der Waals surface area contributed by atoms with Gasteiger partial charge in [0.1, 0.15) is 5.82 Å². The zero-order chi connectivity index (χ0) is 13.7. The highest BCUT2D eigenvalue weighted by atomic mass is 32.2. The Bertz CT molecular complexity index is 563. The molecule has 0 spiro atoms. The summed E-state index contributed by atoms with van der Waals surface area (Å²) in [6.07, 6.45) is 0.923. The van der Waals surface area contributed by atoms with Gasteiger partial charge in [-0.15, -0.1) is 11.8 Å². The fourth-order valence-electron chi connectivity index (χ4n) is 1.73. The molecule has 2 aromatic carbocycles. The zero-order valence-electron chi connectivity index (χ0n) is 10.7. The molecule has 98 valence electrons. The van der Waals surface area contributed by atoms with Crippen LogP contribution >= 0.6 is 11.8 Å². The molecule has 0 saturated heterocycles. The van der Waals surface area contributed by atoms with Crippen molar-refractivity contribution < 1.29 is 9.18 Å². The van der Waals surface area contributed by atoms with Crippen LogP contribution in [0.25, 0.3) is 0 Å². The van der Waals surface area contributed by atoms with Gasteiger partial charge in [0.25, 0.3) is 0 Å². The molecule has 0 aliphatic heterocycles. The van der Waals surface area contributed by atoms with Crippen molar-refractivity contribution in [1.82, 2.24) is 0 Å². The van der Waals surface area contributed by atoms with Gasteiger partial charge < -0.3 is 0 Å². The van der Waals surface area contributed by atoms with Crippen molar-refractivity contribution in [1.29, 1.82) is 0 Å². The molecule has 2 aromatic rings. The van der Waals surface area contributed by atoms with E-state index in [0.29, 0.717) is 5.75 Å². The van der Waals surface area contributed by atoms with Crippen molar-refractivity contribution in [2.45, 2.75) is 18.2 Å². The van der Waals surface area contributed by atoms with Gasteiger partial charge in [0.05, 0.1) is 5.75 Å². The molecule has 3 heteroatoms. The van der Waals surface area contributed by atoms with Crippen molar-refractivity contribution >= 4 is 17.5 Å². The van der Waals surface area contributed by atoms with Crippen LogP contribution in [0.15, 0.2) is 53.4 Å². The van der Waals surface area contributed by atoms with Crippen LogP contribution < -0.4 is 0 Å². The molecule has 2 rings (SSSR count). The first-order valence-electron chi connectivity index (χ1n) is 6.19. The number of halogens is 1. The molecular formula is C16H15FOS. The molecule has 19 heavy (non-hydrogen) atoms. The monoisotopic (exact) mass is 274 g/mol. The van der Waals surface area contributed by atoms with E-state index in [4.69, 9.17) is 0 Å². The minimum atomic E-state index is -0.258. The maximum absolute atomic E-state index is 12.8. The number of ketones is 1. The average molecular weight is 274 g/mol. The third-order valence-electron chi connectivity index (χ3n) is 2.84. The standard InChI is InChI=1S/C16H15FOS/c1-2-12-4-3-5-13(10-12)16(18)11-19-15-8-6-14(17)7-9-15/h3-10H,2,11H2,1H3. The molecular weight excluding hydrogens is 259 g/mol. The van der Waals surface area contributed by atoms with Gasteiger partial charge in [-0.3, -0.25) is 4.79 Å². The van der Waals surface area contributed by atoms with Crippen LogP contribution in [0, 0.1) is 5.82 Å². The maximum Gasteiger partial charge on any atom is 0.173 e. The molecule has 0 fully saturated rings. The van der Waals surface area contributed by atoms with Gasteiger partial charge in [-0.1, -0.05) is 25.1 Å². The number of hydrogen-bond acceptors (Lipinski definition) is 2. The second kappa shape index (κ2) is 6.53. The summed E-state index contributed by atoms with van der Waals surface area (Å²) in [4.78, 5) is 13.0. The molecule has 0 radical (unpaired) electrons. The van der Waals surface area contributed by atoms with E-state index in [-0.39, 0.29) is 11.6 Å². The molecule has 0 atom stereocenters. The fourth-order valence-corrected chi connectivity index (χ4v) is 2.52. The van der Waals surface area contributed by atoms with Crippen molar-refractivity contribution in [3.8, 4) is 0 Å². The second-order valence-corrected chi connectivity index (χ2v) is 5.27. The van der Waals surface area contributed by atoms with E-state index < -0.39 is 0 Å². The first kappa shape index (κ1) is 13.8. The molecule has 0 aromatic heterocycles. The van der Waals surface area contributed by atoms with E-state index in [1.165, 1.54) is 23.9 Å². The number of rotatable bonds is 5. The zero-order valence-corrected chi connectivity index (χ0v) is 11.5. The lowest BCUT2D eigenvalue weighted by Crippen LogP contribution is -2.02. The van der Waals surface area contributed by atoms with Crippen LogP contribution in [-0.2, 0) is 6.42 Å². The molecule has 0 saturated carbocycles. The van der Waals surface area contributed by atoms with Crippen LogP contribution in [0.3, 0.4) is 0 Å². The Labute approximate surface area is 116 Å². The van der Waals surface area contributed by atoms with E-state index >= 15 is 0 Å². The Balaban J connectivity index is 1.99. The Hall–Kier alpha value is -1.61. The number of aryl methyl sites for hydroxylation is 1. The molecule has 0 heterocycles. The molecule has 1 nitrogen and oxygen atoms in total. The van der Waals surface area contributed by atoms with E-state index in [0.717, 1.165) is 22.4 Å². The predicted molar refractivity (Wildman–Crippen MR) is 77.3 cm³/mol. The molecule has 0 aliphatic carbocycles. The van der Waals surface area contributed by atoms with Crippen LogP contribution in [0.4, 0.5) is 4.39 Å². The Morgan fingerprint density at radius 2 is 1.89 bits per heavy atom.